The van der Waals surface area contributed by atoms with E-state index in [1.54, 1.807) is 38.2 Å². The third-order valence-electron chi connectivity index (χ3n) is 5.32. The van der Waals surface area contributed by atoms with Gasteiger partial charge in [-0.3, -0.25) is 10.2 Å². The van der Waals surface area contributed by atoms with E-state index in [1.165, 1.54) is 17.0 Å². The van der Waals surface area contributed by atoms with E-state index in [1.807, 2.05) is 10.3 Å². The van der Waals surface area contributed by atoms with Gasteiger partial charge in [-0.1, -0.05) is 11.6 Å². The SMILES string of the molecule is CN(C)C(=O)NC1CCC(CS(=O)(=O)NNC(=O)c2cc(-c3cn(C)cn3)cc(Cl)c2F)C1. The van der Waals surface area contributed by atoms with Crippen molar-refractivity contribution in [2.45, 2.75) is 25.3 Å². The fraction of sp³-hybridized carbons (Fsp3) is 0.450. The van der Waals surface area contributed by atoms with Gasteiger partial charge in [-0.15, -0.1) is 4.83 Å². The van der Waals surface area contributed by atoms with Crippen molar-refractivity contribution in [3.8, 4) is 11.3 Å². The maximum absolute atomic E-state index is 14.5. The number of sulfonamides is 1. The number of rotatable bonds is 7. The van der Waals surface area contributed by atoms with Crippen LogP contribution in [0.25, 0.3) is 11.3 Å². The fourth-order valence-electron chi connectivity index (χ4n) is 3.67. The number of amides is 3. The molecule has 3 amide bonds. The Morgan fingerprint density at radius 1 is 1.30 bits per heavy atom. The number of hydrazine groups is 1. The van der Waals surface area contributed by atoms with Crippen LogP contribution in [0.4, 0.5) is 9.18 Å². The van der Waals surface area contributed by atoms with Crippen LogP contribution >= 0.6 is 11.6 Å². The van der Waals surface area contributed by atoms with Crippen LogP contribution in [0.3, 0.4) is 0 Å². The Labute approximate surface area is 196 Å². The van der Waals surface area contributed by atoms with Crippen LogP contribution in [0, 0.1) is 11.7 Å². The molecule has 1 aromatic carbocycles. The van der Waals surface area contributed by atoms with Crippen molar-refractivity contribution in [1.29, 1.82) is 0 Å². The van der Waals surface area contributed by atoms with Crippen molar-refractivity contribution in [2.75, 3.05) is 19.8 Å². The predicted molar refractivity (Wildman–Crippen MR) is 121 cm³/mol. The van der Waals surface area contributed by atoms with Crippen LogP contribution < -0.4 is 15.6 Å². The van der Waals surface area contributed by atoms with E-state index in [0.29, 0.717) is 30.5 Å². The molecule has 2 aromatic rings. The molecule has 1 aliphatic carbocycles. The molecule has 2 atom stereocenters. The molecule has 2 unspecified atom stereocenters. The van der Waals surface area contributed by atoms with Crippen LogP contribution in [-0.2, 0) is 17.1 Å². The summed E-state index contributed by atoms with van der Waals surface area (Å²) in [5, 5.41) is 2.55. The average molecular weight is 501 g/mol. The van der Waals surface area contributed by atoms with Gasteiger partial charge in [0.1, 0.15) is 0 Å². The summed E-state index contributed by atoms with van der Waals surface area (Å²) in [6, 6.07) is 2.25. The van der Waals surface area contributed by atoms with Crippen molar-refractivity contribution in [3.63, 3.8) is 0 Å². The van der Waals surface area contributed by atoms with Crippen LogP contribution in [0.2, 0.25) is 5.02 Å². The van der Waals surface area contributed by atoms with Gasteiger partial charge in [0.05, 0.1) is 28.4 Å². The summed E-state index contributed by atoms with van der Waals surface area (Å²) in [7, 11) is 1.11. The number of aryl methyl sites for hydroxylation is 1. The molecule has 0 saturated heterocycles. The standard InChI is InChI=1S/C20H26ClFN6O4S/c1-27(2)20(30)24-14-5-4-12(6-14)10-33(31,32)26-25-19(29)15-7-13(8-16(21)18(15)22)17-9-28(3)11-23-17/h7-9,11-12,14,26H,4-6,10H2,1-3H3,(H,24,30)(H,25,29). The first-order valence-corrected chi connectivity index (χ1v) is 12.2. The molecule has 10 nitrogen and oxygen atoms in total. The largest absolute Gasteiger partial charge is 0.340 e. The number of benzene rings is 1. The van der Waals surface area contributed by atoms with Gasteiger partial charge in [-0.25, -0.2) is 22.6 Å². The van der Waals surface area contributed by atoms with Crippen LogP contribution in [0.1, 0.15) is 29.6 Å². The number of carbonyl (C=O) groups is 2. The molecule has 0 bridgehead atoms. The Hall–Kier alpha value is -2.70. The highest BCUT2D eigenvalue weighted by Gasteiger charge is 2.30. The first-order chi connectivity index (χ1) is 15.4. The first-order valence-electron chi connectivity index (χ1n) is 10.2. The lowest BCUT2D eigenvalue weighted by molar-refractivity contribution is 0.0941. The Bertz CT molecular complexity index is 1150. The lowest BCUT2D eigenvalue weighted by atomic mass is 10.1. The molecule has 1 aliphatic rings. The maximum Gasteiger partial charge on any atom is 0.317 e. The Kier molecular flexibility index (Phi) is 7.60. The summed E-state index contributed by atoms with van der Waals surface area (Å²) in [5.74, 6) is -2.38. The number of halogens is 2. The molecule has 33 heavy (non-hydrogen) atoms. The van der Waals surface area contributed by atoms with Gasteiger partial charge in [-0.05, 0) is 37.3 Å². The van der Waals surface area contributed by atoms with E-state index >= 15 is 0 Å². The van der Waals surface area contributed by atoms with Gasteiger partial charge in [-0.2, -0.15) is 0 Å². The third-order valence-corrected chi connectivity index (χ3v) is 6.92. The molecule has 1 fully saturated rings. The Morgan fingerprint density at radius 2 is 2.03 bits per heavy atom. The summed E-state index contributed by atoms with van der Waals surface area (Å²) in [6.45, 7) is 0. The highest BCUT2D eigenvalue weighted by molar-refractivity contribution is 7.89. The second-order valence-electron chi connectivity index (χ2n) is 8.30. The smallest absolute Gasteiger partial charge is 0.317 e. The molecular formula is C20H26ClFN6O4S. The minimum absolute atomic E-state index is 0.111. The normalized spacial score (nSPS) is 18.2. The van der Waals surface area contributed by atoms with E-state index in [2.05, 4.69) is 10.3 Å². The molecule has 180 valence electrons. The zero-order valence-corrected chi connectivity index (χ0v) is 20.0. The molecule has 1 heterocycles. The topological polar surface area (TPSA) is 125 Å². The number of hydrogen-bond donors (Lipinski definition) is 3. The van der Waals surface area contributed by atoms with Gasteiger partial charge in [0.2, 0.25) is 10.0 Å². The van der Waals surface area contributed by atoms with Crippen molar-refractivity contribution >= 4 is 33.6 Å². The van der Waals surface area contributed by atoms with E-state index in [4.69, 9.17) is 11.6 Å². The molecule has 0 radical (unpaired) electrons. The molecule has 1 saturated carbocycles. The van der Waals surface area contributed by atoms with Gasteiger partial charge in [0.15, 0.2) is 5.82 Å². The number of urea groups is 1. The number of hydrogen-bond acceptors (Lipinski definition) is 5. The Morgan fingerprint density at radius 3 is 2.67 bits per heavy atom. The van der Waals surface area contributed by atoms with Crippen molar-refractivity contribution in [1.82, 2.24) is 30.0 Å². The maximum atomic E-state index is 14.5. The van der Waals surface area contributed by atoms with E-state index in [0.717, 1.165) is 0 Å². The number of carbonyl (C=O) groups excluding carboxylic acids is 2. The average Bonchev–Trinajstić information content (AvgIpc) is 3.36. The van der Waals surface area contributed by atoms with Crippen LogP contribution in [-0.4, -0.2) is 60.7 Å². The third kappa shape index (κ3) is 6.42. The molecular weight excluding hydrogens is 475 g/mol. The second kappa shape index (κ2) is 10.1. The molecule has 0 spiro atoms. The van der Waals surface area contributed by atoms with Gasteiger partial charge in [0.25, 0.3) is 5.91 Å². The highest BCUT2D eigenvalue weighted by atomic mass is 35.5. The van der Waals surface area contributed by atoms with Crippen molar-refractivity contribution in [2.24, 2.45) is 13.0 Å². The van der Waals surface area contributed by atoms with E-state index < -0.39 is 27.3 Å². The molecule has 0 aliphatic heterocycles. The molecule has 3 rings (SSSR count). The zero-order chi connectivity index (χ0) is 24.3. The monoisotopic (exact) mass is 500 g/mol. The lowest BCUT2D eigenvalue weighted by Gasteiger charge is -2.17. The Balaban J connectivity index is 1.61. The molecule has 3 N–H and O–H groups in total. The van der Waals surface area contributed by atoms with Crippen molar-refractivity contribution < 1.29 is 22.4 Å². The number of nitrogens with zero attached hydrogens (tertiary/aromatic N) is 3. The predicted octanol–water partition coefficient (Wildman–Crippen LogP) is 1.88. The second-order valence-corrected chi connectivity index (χ2v) is 10.5. The minimum Gasteiger partial charge on any atom is -0.340 e. The van der Waals surface area contributed by atoms with Crippen molar-refractivity contribution in [3.05, 3.63) is 41.1 Å². The quantitative estimate of drug-likeness (QED) is 0.500. The van der Waals surface area contributed by atoms with Crippen LogP contribution in [0.15, 0.2) is 24.7 Å². The fourth-order valence-corrected chi connectivity index (χ4v) is 5.14. The summed E-state index contributed by atoms with van der Waals surface area (Å²) < 4.78 is 41.0. The number of aromatic nitrogens is 2. The number of nitrogens with one attached hydrogen (secondary N) is 3. The summed E-state index contributed by atoms with van der Waals surface area (Å²) in [6.07, 6.45) is 4.99. The van der Waals surface area contributed by atoms with Crippen LogP contribution in [0.5, 0.6) is 0 Å². The van der Waals surface area contributed by atoms with Gasteiger partial charge >= 0.3 is 6.03 Å². The van der Waals surface area contributed by atoms with E-state index in [9.17, 15) is 22.4 Å². The van der Waals surface area contributed by atoms with E-state index in [-0.39, 0.29) is 28.8 Å². The zero-order valence-electron chi connectivity index (χ0n) is 18.4. The highest BCUT2D eigenvalue weighted by Crippen LogP contribution is 2.28. The summed E-state index contributed by atoms with van der Waals surface area (Å²) in [5.41, 5.74) is 2.51. The molecule has 1 aromatic heterocycles. The minimum atomic E-state index is -3.89. The van der Waals surface area contributed by atoms with Gasteiger partial charge < -0.3 is 14.8 Å². The summed E-state index contributed by atoms with van der Waals surface area (Å²) in [4.78, 5) is 31.8. The lowest BCUT2D eigenvalue weighted by Crippen LogP contribution is -2.44. The number of imidazole rings is 1. The first kappa shape index (κ1) is 24.9. The summed E-state index contributed by atoms with van der Waals surface area (Å²) >= 11 is 5.93. The van der Waals surface area contributed by atoms with Gasteiger partial charge in [0, 0.05) is 38.9 Å². The molecule has 13 heteroatoms.